The first-order chi connectivity index (χ1) is 15.4. The summed E-state index contributed by atoms with van der Waals surface area (Å²) in [6.07, 6.45) is 1.39. The third-order valence-electron chi connectivity index (χ3n) is 4.98. The van der Waals surface area contributed by atoms with Gasteiger partial charge in [0.05, 0.1) is 5.69 Å². The summed E-state index contributed by atoms with van der Waals surface area (Å²) in [7, 11) is 0. The van der Waals surface area contributed by atoms with Crippen LogP contribution in [0.2, 0.25) is 0 Å². The van der Waals surface area contributed by atoms with E-state index in [1.165, 1.54) is 12.1 Å². The van der Waals surface area contributed by atoms with Crippen LogP contribution < -0.4 is 15.0 Å². The Balaban J connectivity index is 1.60. The van der Waals surface area contributed by atoms with Gasteiger partial charge in [-0.2, -0.15) is 0 Å². The summed E-state index contributed by atoms with van der Waals surface area (Å²) in [5, 5.41) is 2.21. The molecule has 4 amide bonds. The zero-order chi connectivity index (χ0) is 22.7. The Bertz CT molecular complexity index is 1250. The van der Waals surface area contributed by atoms with Crippen LogP contribution in [0.4, 0.5) is 14.9 Å². The molecule has 1 aliphatic heterocycles. The molecule has 0 spiro atoms. The lowest BCUT2D eigenvalue weighted by Crippen LogP contribution is -2.54. The van der Waals surface area contributed by atoms with Gasteiger partial charge in [-0.05, 0) is 48.4 Å². The number of urea groups is 1. The molecule has 1 heterocycles. The van der Waals surface area contributed by atoms with Gasteiger partial charge >= 0.3 is 6.03 Å². The maximum absolute atomic E-state index is 13.8. The molecule has 0 aromatic heterocycles. The third kappa shape index (κ3) is 4.27. The molecule has 0 bridgehead atoms. The Labute approximate surface area is 183 Å². The number of hydrogen-bond acceptors (Lipinski definition) is 4. The summed E-state index contributed by atoms with van der Waals surface area (Å²) in [6, 6.07) is 19.1. The number of imide groups is 2. The van der Waals surface area contributed by atoms with Crippen LogP contribution in [-0.2, 0) is 16.2 Å². The molecule has 1 saturated heterocycles. The van der Waals surface area contributed by atoms with Crippen molar-refractivity contribution in [2.45, 2.75) is 13.5 Å². The molecule has 0 unspecified atom stereocenters. The number of hydrogen-bond donors (Lipinski definition) is 1. The molecule has 1 N–H and O–H groups in total. The van der Waals surface area contributed by atoms with E-state index in [2.05, 4.69) is 5.32 Å². The van der Waals surface area contributed by atoms with Gasteiger partial charge in [0.15, 0.2) is 0 Å². The molecule has 3 aromatic rings. The number of nitrogens with zero attached hydrogens (tertiary/aromatic N) is 1. The van der Waals surface area contributed by atoms with Gasteiger partial charge in [-0.3, -0.25) is 14.9 Å². The summed E-state index contributed by atoms with van der Waals surface area (Å²) < 4.78 is 19.5. The van der Waals surface area contributed by atoms with Crippen LogP contribution in [0.25, 0.3) is 6.08 Å². The number of ether oxygens (including phenoxy) is 1. The minimum absolute atomic E-state index is 0.0294. The molecule has 32 heavy (non-hydrogen) atoms. The lowest BCUT2D eigenvalue weighted by Gasteiger charge is -2.27. The molecule has 4 rings (SSSR count). The average Bonchev–Trinajstić information content (AvgIpc) is 2.77. The predicted molar refractivity (Wildman–Crippen MR) is 117 cm³/mol. The van der Waals surface area contributed by atoms with Gasteiger partial charge in [-0.1, -0.05) is 48.5 Å². The van der Waals surface area contributed by atoms with Crippen molar-refractivity contribution in [3.8, 4) is 5.75 Å². The van der Waals surface area contributed by atoms with E-state index in [4.69, 9.17) is 4.74 Å². The van der Waals surface area contributed by atoms with Gasteiger partial charge in [0.2, 0.25) is 0 Å². The van der Waals surface area contributed by atoms with Crippen molar-refractivity contribution >= 4 is 29.6 Å². The highest BCUT2D eigenvalue weighted by molar-refractivity contribution is 6.39. The Morgan fingerprint density at radius 1 is 0.969 bits per heavy atom. The van der Waals surface area contributed by atoms with Gasteiger partial charge in [0, 0.05) is 5.56 Å². The normalized spacial score (nSPS) is 15.1. The Morgan fingerprint density at radius 2 is 1.72 bits per heavy atom. The second-order valence-electron chi connectivity index (χ2n) is 7.20. The van der Waals surface area contributed by atoms with E-state index in [0.717, 1.165) is 4.90 Å². The number of para-hydroxylation sites is 1. The van der Waals surface area contributed by atoms with E-state index >= 15 is 0 Å². The SMILES string of the molecule is Cc1ccccc1N1C(=O)NC(=O)/C(=C\c2cccc(OCc3ccccc3F)c2)C1=O. The number of carbonyl (C=O) groups excluding carboxylic acids is 3. The van der Waals surface area contributed by atoms with Crippen molar-refractivity contribution in [2.24, 2.45) is 0 Å². The summed E-state index contributed by atoms with van der Waals surface area (Å²) >= 11 is 0. The zero-order valence-corrected chi connectivity index (χ0v) is 17.2. The molecule has 0 saturated carbocycles. The largest absolute Gasteiger partial charge is 0.489 e. The van der Waals surface area contributed by atoms with E-state index < -0.39 is 17.8 Å². The molecule has 1 fully saturated rings. The lowest BCUT2D eigenvalue weighted by molar-refractivity contribution is -0.122. The standard InChI is InChI=1S/C25H19FN2O4/c1-16-7-2-5-12-22(16)28-24(30)20(23(29)27-25(28)31)14-17-8-6-10-19(13-17)32-15-18-9-3-4-11-21(18)26/h2-14H,15H2,1H3,(H,27,29,31)/b20-14+. The number of anilines is 1. The molecule has 7 heteroatoms. The van der Waals surface area contributed by atoms with Crippen LogP contribution in [-0.4, -0.2) is 17.8 Å². The van der Waals surface area contributed by atoms with Crippen molar-refractivity contribution in [2.75, 3.05) is 4.90 Å². The first-order valence-electron chi connectivity index (χ1n) is 9.87. The molecule has 1 aliphatic rings. The molecule has 160 valence electrons. The maximum Gasteiger partial charge on any atom is 0.335 e. The summed E-state index contributed by atoms with van der Waals surface area (Å²) in [4.78, 5) is 38.7. The van der Waals surface area contributed by atoms with Crippen LogP contribution in [0, 0.1) is 12.7 Å². The number of nitrogens with one attached hydrogen (secondary N) is 1. The zero-order valence-electron chi connectivity index (χ0n) is 17.2. The molecular formula is C25H19FN2O4. The number of halogens is 1. The van der Waals surface area contributed by atoms with Gasteiger partial charge in [0.1, 0.15) is 23.7 Å². The minimum atomic E-state index is -0.798. The summed E-state index contributed by atoms with van der Waals surface area (Å²) in [5.74, 6) is -1.41. The van der Waals surface area contributed by atoms with Crippen LogP contribution in [0.15, 0.2) is 78.4 Å². The van der Waals surface area contributed by atoms with E-state index in [-0.39, 0.29) is 18.0 Å². The Hall–Kier alpha value is -4.26. The van der Waals surface area contributed by atoms with Crippen molar-refractivity contribution in [3.05, 3.63) is 101 Å². The lowest BCUT2D eigenvalue weighted by atomic mass is 10.1. The molecule has 0 atom stereocenters. The quantitative estimate of drug-likeness (QED) is 0.482. The van der Waals surface area contributed by atoms with E-state index in [1.807, 2.05) is 0 Å². The fourth-order valence-electron chi connectivity index (χ4n) is 3.33. The fourth-order valence-corrected chi connectivity index (χ4v) is 3.33. The summed E-state index contributed by atoms with van der Waals surface area (Å²) in [6.45, 7) is 1.80. The number of amides is 4. The van der Waals surface area contributed by atoms with Crippen molar-refractivity contribution in [1.82, 2.24) is 5.32 Å². The highest BCUT2D eigenvalue weighted by atomic mass is 19.1. The fraction of sp³-hybridized carbons (Fsp3) is 0.0800. The van der Waals surface area contributed by atoms with E-state index in [1.54, 1.807) is 73.7 Å². The average molecular weight is 430 g/mol. The van der Waals surface area contributed by atoms with Gasteiger partial charge in [-0.25, -0.2) is 14.1 Å². The smallest absolute Gasteiger partial charge is 0.335 e. The van der Waals surface area contributed by atoms with Crippen LogP contribution in [0.5, 0.6) is 5.75 Å². The Morgan fingerprint density at radius 3 is 2.50 bits per heavy atom. The number of benzene rings is 3. The number of rotatable bonds is 5. The van der Waals surface area contributed by atoms with E-state index in [9.17, 15) is 18.8 Å². The second-order valence-corrected chi connectivity index (χ2v) is 7.20. The van der Waals surface area contributed by atoms with Gasteiger partial charge < -0.3 is 4.74 Å². The molecule has 6 nitrogen and oxygen atoms in total. The Kier molecular flexibility index (Phi) is 5.81. The topological polar surface area (TPSA) is 75.7 Å². The first-order valence-corrected chi connectivity index (χ1v) is 9.87. The highest BCUT2D eigenvalue weighted by Gasteiger charge is 2.37. The van der Waals surface area contributed by atoms with Crippen LogP contribution in [0.3, 0.4) is 0 Å². The number of barbiturate groups is 1. The first kappa shape index (κ1) is 21.0. The molecule has 0 radical (unpaired) electrons. The number of carbonyl (C=O) groups is 3. The molecule has 0 aliphatic carbocycles. The van der Waals surface area contributed by atoms with Crippen LogP contribution >= 0.6 is 0 Å². The molecular weight excluding hydrogens is 411 g/mol. The minimum Gasteiger partial charge on any atom is -0.489 e. The number of aryl methyl sites for hydroxylation is 1. The van der Waals surface area contributed by atoms with E-state index in [0.29, 0.717) is 28.1 Å². The van der Waals surface area contributed by atoms with Crippen molar-refractivity contribution in [1.29, 1.82) is 0 Å². The highest BCUT2D eigenvalue weighted by Crippen LogP contribution is 2.25. The summed E-state index contributed by atoms with van der Waals surface area (Å²) in [5.41, 5.74) is 1.86. The van der Waals surface area contributed by atoms with Crippen LogP contribution in [0.1, 0.15) is 16.7 Å². The van der Waals surface area contributed by atoms with Gasteiger partial charge in [-0.15, -0.1) is 0 Å². The van der Waals surface area contributed by atoms with Crippen molar-refractivity contribution in [3.63, 3.8) is 0 Å². The maximum atomic E-state index is 13.8. The van der Waals surface area contributed by atoms with Gasteiger partial charge in [0.25, 0.3) is 11.8 Å². The second kappa shape index (κ2) is 8.85. The van der Waals surface area contributed by atoms with Crippen molar-refractivity contribution < 1.29 is 23.5 Å². The molecule has 3 aromatic carbocycles. The monoisotopic (exact) mass is 430 g/mol. The third-order valence-corrected chi connectivity index (χ3v) is 4.98. The predicted octanol–water partition coefficient (Wildman–Crippen LogP) is 4.38.